The number of hydrogen-bond acceptors (Lipinski definition) is 7. The highest BCUT2D eigenvalue weighted by Gasteiger charge is 2.23. The normalized spacial score (nSPS) is 14.5. The van der Waals surface area contributed by atoms with Crippen LogP contribution in [-0.4, -0.2) is 43.1 Å². The van der Waals surface area contributed by atoms with Crippen LogP contribution in [0, 0.1) is 0 Å². The standard InChI is InChI=1S/C13H21N3O4S2/c1-2-21-9-8-11(14)12(17)13(18)15-16-22(19,20)10-6-4-3-5-7-10/h3-7,11,13,15-16,18H,2,8-9,14H2,1H3/t11-,13?/m1/s1. The number of nitrogens with one attached hydrogen (secondary N) is 2. The molecule has 0 amide bonds. The number of ketones is 1. The van der Waals surface area contributed by atoms with Crippen molar-refractivity contribution in [3.8, 4) is 0 Å². The molecule has 0 aliphatic heterocycles. The van der Waals surface area contributed by atoms with Crippen LogP contribution >= 0.6 is 11.8 Å². The van der Waals surface area contributed by atoms with E-state index in [0.717, 1.165) is 5.75 Å². The number of carbonyl (C=O) groups excluding carboxylic acids is 1. The molecule has 0 saturated heterocycles. The van der Waals surface area contributed by atoms with Crippen LogP contribution in [-0.2, 0) is 14.8 Å². The molecule has 5 N–H and O–H groups in total. The Morgan fingerprint density at radius 1 is 1.36 bits per heavy atom. The molecule has 7 nitrogen and oxygen atoms in total. The highest BCUT2D eigenvalue weighted by molar-refractivity contribution is 7.99. The van der Waals surface area contributed by atoms with Crippen molar-refractivity contribution in [1.29, 1.82) is 0 Å². The summed E-state index contributed by atoms with van der Waals surface area (Å²) < 4.78 is 23.8. The van der Waals surface area contributed by atoms with Crippen molar-refractivity contribution < 1.29 is 18.3 Å². The molecule has 1 aromatic carbocycles. The summed E-state index contributed by atoms with van der Waals surface area (Å²) in [5.41, 5.74) is 7.74. The molecule has 1 aromatic rings. The fourth-order valence-corrected chi connectivity index (χ4v) is 3.17. The van der Waals surface area contributed by atoms with Crippen LogP contribution in [0.2, 0.25) is 0 Å². The smallest absolute Gasteiger partial charge is 0.253 e. The minimum Gasteiger partial charge on any atom is -0.370 e. The van der Waals surface area contributed by atoms with E-state index in [1.807, 2.05) is 11.8 Å². The van der Waals surface area contributed by atoms with Gasteiger partial charge in [-0.3, -0.25) is 4.79 Å². The van der Waals surface area contributed by atoms with Crippen LogP contribution in [0.25, 0.3) is 0 Å². The van der Waals surface area contributed by atoms with Crippen LogP contribution in [0.3, 0.4) is 0 Å². The maximum Gasteiger partial charge on any atom is 0.253 e. The Kier molecular flexibility index (Phi) is 8.01. The van der Waals surface area contributed by atoms with E-state index in [2.05, 4.69) is 5.43 Å². The molecule has 0 aliphatic carbocycles. The molecule has 0 aliphatic rings. The lowest BCUT2D eigenvalue weighted by molar-refractivity contribution is -0.130. The zero-order chi connectivity index (χ0) is 16.6. The summed E-state index contributed by atoms with van der Waals surface area (Å²) in [5, 5.41) is 9.68. The molecule has 9 heteroatoms. The first-order valence-electron chi connectivity index (χ1n) is 6.76. The van der Waals surface area contributed by atoms with Crippen LogP contribution in [0.5, 0.6) is 0 Å². The lowest BCUT2D eigenvalue weighted by Gasteiger charge is -2.17. The summed E-state index contributed by atoms with van der Waals surface area (Å²) in [7, 11) is -3.85. The maximum atomic E-state index is 11.9. The van der Waals surface area contributed by atoms with Crippen LogP contribution < -0.4 is 16.0 Å². The molecular weight excluding hydrogens is 326 g/mol. The number of aliphatic hydroxyl groups excluding tert-OH is 1. The van der Waals surface area contributed by atoms with Gasteiger partial charge in [0.15, 0.2) is 12.0 Å². The minimum atomic E-state index is -3.85. The highest BCUT2D eigenvalue weighted by atomic mass is 32.2. The average Bonchev–Trinajstić information content (AvgIpc) is 2.53. The monoisotopic (exact) mass is 347 g/mol. The summed E-state index contributed by atoms with van der Waals surface area (Å²) in [5.74, 6) is 0.956. The number of rotatable bonds is 10. The summed E-state index contributed by atoms with van der Waals surface area (Å²) >= 11 is 1.63. The van der Waals surface area contributed by atoms with Crippen molar-refractivity contribution in [2.24, 2.45) is 5.73 Å². The van der Waals surface area contributed by atoms with Crippen molar-refractivity contribution in [2.45, 2.75) is 30.5 Å². The van der Waals surface area contributed by atoms with Gasteiger partial charge < -0.3 is 10.8 Å². The van der Waals surface area contributed by atoms with Crippen LogP contribution in [0.1, 0.15) is 13.3 Å². The summed E-state index contributed by atoms with van der Waals surface area (Å²) in [6.07, 6.45) is -1.28. The average molecular weight is 347 g/mol. The van der Waals surface area contributed by atoms with Gasteiger partial charge in [0.05, 0.1) is 10.9 Å². The summed E-state index contributed by atoms with van der Waals surface area (Å²) in [6, 6.07) is 6.76. The Bertz CT molecular complexity index is 566. The molecule has 1 unspecified atom stereocenters. The van der Waals surface area contributed by atoms with Gasteiger partial charge in [-0.05, 0) is 30.1 Å². The number of thioether (sulfide) groups is 1. The number of carbonyl (C=O) groups is 1. The topological polar surface area (TPSA) is 122 Å². The second kappa shape index (κ2) is 9.23. The molecule has 0 bridgehead atoms. The zero-order valence-corrected chi connectivity index (χ0v) is 13.9. The first-order valence-corrected chi connectivity index (χ1v) is 9.39. The number of Topliss-reactive ketones (excluding diaryl/α,β-unsaturated/α-hetero) is 1. The van der Waals surface area contributed by atoms with Crippen molar-refractivity contribution in [3.63, 3.8) is 0 Å². The second-order valence-electron chi connectivity index (χ2n) is 4.46. The molecule has 0 heterocycles. The zero-order valence-electron chi connectivity index (χ0n) is 12.2. The van der Waals surface area contributed by atoms with Crippen molar-refractivity contribution >= 4 is 27.6 Å². The third-order valence-corrected chi connectivity index (χ3v) is 5.01. The highest BCUT2D eigenvalue weighted by Crippen LogP contribution is 2.07. The number of hydrogen-bond donors (Lipinski definition) is 4. The Hall–Kier alpha value is -0.970. The summed E-state index contributed by atoms with van der Waals surface area (Å²) in [6.45, 7) is 1.99. The van der Waals surface area contributed by atoms with Gasteiger partial charge in [-0.25, -0.2) is 13.8 Å². The predicted molar refractivity (Wildman–Crippen MR) is 86.5 cm³/mol. The molecule has 2 atom stereocenters. The predicted octanol–water partition coefficient (Wildman–Crippen LogP) is -0.172. The number of nitrogens with two attached hydrogens (primary N) is 1. The first kappa shape index (κ1) is 19.1. The van der Waals surface area contributed by atoms with Gasteiger partial charge in [-0.15, -0.1) is 4.83 Å². The molecule has 0 aromatic heterocycles. The van der Waals surface area contributed by atoms with E-state index in [0.29, 0.717) is 12.2 Å². The quantitative estimate of drug-likeness (QED) is 0.263. The van der Waals surface area contributed by atoms with Gasteiger partial charge in [0.1, 0.15) is 0 Å². The molecule has 22 heavy (non-hydrogen) atoms. The maximum absolute atomic E-state index is 11.9. The third-order valence-electron chi connectivity index (χ3n) is 2.80. The lowest BCUT2D eigenvalue weighted by atomic mass is 10.1. The second-order valence-corrected chi connectivity index (χ2v) is 7.54. The van der Waals surface area contributed by atoms with Gasteiger partial charge in [0.2, 0.25) is 0 Å². The molecule has 0 fully saturated rings. The Morgan fingerprint density at radius 3 is 2.59 bits per heavy atom. The molecule has 0 radical (unpaired) electrons. The Morgan fingerprint density at radius 2 is 2.00 bits per heavy atom. The van der Waals surface area contributed by atoms with Gasteiger partial charge in [0, 0.05) is 0 Å². The molecule has 0 spiro atoms. The number of benzene rings is 1. The number of hydrazine groups is 1. The fourth-order valence-electron chi connectivity index (χ4n) is 1.56. The van der Waals surface area contributed by atoms with E-state index in [9.17, 15) is 18.3 Å². The molecule has 0 saturated carbocycles. The van der Waals surface area contributed by atoms with Gasteiger partial charge in [0.25, 0.3) is 10.0 Å². The Balaban J connectivity index is 2.51. The number of sulfonamides is 1. The third kappa shape index (κ3) is 6.03. The minimum absolute atomic E-state index is 0.0193. The Labute approximate surface area is 134 Å². The number of aliphatic hydroxyl groups is 1. The van der Waals surface area contributed by atoms with E-state index in [-0.39, 0.29) is 4.90 Å². The van der Waals surface area contributed by atoms with Gasteiger partial charge >= 0.3 is 0 Å². The molecular formula is C13H21N3O4S2. The van der Waals surface area contributed by atoms with Crippen LogP contribution in [0.15, 0.2) is 35.2 Å². The molecule has 1 rings (SSSR count). The van der Waals surface area contributed by atoms with E-state index < -0.39 is 28.1 Å². The van der Waals surface area contributed by atoms with Gasteiger partial charge in [-0.1, -0.05) is 25.1 Å². The summed E-state index contributed by atoms with van der Waals surface area (Å²) in [4.78, 5) is 13.8. The van der Waals surface area contributed by atoms with Gasteiger partial charge in [-0.2, -0.15) is 11.8 Å². The van der Waals surface area contributed by atoms with E-state index in [1.165, 1.54) is 12.1 Å². The molecule has 124 valence electrons. The van der Waals surface area contributed by atoms with Crippen molar-refractivity contribution in [1.82, 2.24) is 10.3 Å². The van der Waals surface area contributed by atoms with E-state index >= 15 is 0 Å². The van der Waals surface area contributed by atoms with Crippen molar-refractivity contribution in [3.05, 3.63) is 30.3 Å². The lowest BCUT2D eigenvalue weighted by Crippen LogP contribution is -2.52. The van der Waals surface area contributed by atoms with E-state index in [4.69, 9.17) is 5.73 Å². The van der Waals surface area contributed by atoms with Crippen molar-refractivity contribution in [2.75, 3.05) is 11.5 Å². The van der Waals surface area contributed by atoms with E-state index in [1.54, 1.807) is 30.0 Å². The first-order chi connectivity index (χ1) is 10.4. The SMILES string of the molecule is CCSCC[C@@H](N)C(=O)C(O)NNS(=O)(=O)c1ccccc1. The fraction of sp³-hybridized carbons (Fsp3) is 0.462. The largest absolute Gasteiger partial charge is 0.370 e. The van der Waals surface area contributed by atoms with Crippen LogP contribution in [0.4, 0.5) is 0 Å².